The summed E-state index contributed by atoms with van der Waals surface area (Å²) in [4.78, 5) is 12.6. The van der Waals surface area contributed by atoms with E-state index in [2.05, 4.69) is 5.32 Å². The van der Waals surface area contributed by atoms with E-state index in [9.17, 15) is 13.2 Å². The Kier molecular flexibility index (Phi) is 8.55. The minimum Gasteiger partial charge on any atom is -0.489 e. The largest absolute Gasteiger partial charge is 0.489 e. The molecule has 1 amide bonds. The normalized spacial score (nSPS) is 15.0. The lowest BCUT2D eigenvalue weighted by atomic mass is 9.97. The van der Waals surface area contributed by atoms with Crippen LogP contribution in [0.25, 0.3) is 0 Å². The highest BCUT2D eigenvalue weighted by atomic mass is 32.2. The van der Waals surface area contributed by atoms with E-state index in [4.69, 9.17) is 4.74 Å². The molecule has 0 bridgehead atoms. The minimum atomic E-state index is -3.37. The first-order valence-corrected chi connectivity index (χ1v) is 13.7. The number of hydrogen-bond donors (Lipinski definition) is 1. The molecule has 0 aromatic heterocycles. The zero-order valence-corrected chi connectivity index (χ0v) is 20.6. The summed E-state index contributed by atoms with van der Waals surface area (Å²) in [6.07, 6.45) is 1.83. The lowest BCUT2D eigenvalue weighted by Gasteiger charge is -2.30. The summed E-state index contributed by atoms with van der Waals surface area (Å²) in [5.74, 6) is 0.677. The highest BCUT2D eigenvalue weighted by molar-refractivity contribution is 7.88. The molecule has 1 saturated heterocycles. The molecule has 3 aromatic rings. The minimum absolute atomic E-state index is 0.000782. The van der Waals surface area contributed by atoms with Gasteiger partial charge in [0.25, 0.3) is 0 Å². The second-order valence-electron chi connectivity index (χ2n) is 8.87. The molecule has 1 aliphatic rings. The zero-order chi connectivity index (χ0) is 24.5. The third-order valence-corrected chi connectivity index (χ3v) is 8.14. The van der Waals surface area contributed by atoms with Crippen LogP contribution in [0.15, 0.2) is 84.9 Å². The Labute approximate surface area is 208 Å². The van der Waals surface area contributed by atoms with Crippen molar-refractivity contribution in [2.75, 3.05) is 19.6 Å². The average molecular weight is 493 g/mol. The van der Waals surface area contributed by atoms with E-state index < -0.39 is 10.0 Å². The number of sulfonamides is 1. The molecule has 0 saturated carbocycles. The SMILES string of the molecule is O=C(NCCc1ccc(OCc2ccccc2)cc1)C1CCN(S(=O)(=O)Cc2ccccc2)CC1. The second-order valence-corrected chi connectivity index (χ2v) is 10.8. The number of ether oxygens (including phenoxy) is 1. The number of carbonyl (C=O) groups is 1. The molecule has 1 aliphatic heterocycles. The molecule has 35 heavy (non-hydrogen) atoms. The first kappa shape index (κ1) is 24.9. The maximum absolute atomic E-state index is 12.7. The number of piperidine rings is 1. The summed E-state index contributed by atoms with van der Waals surface area (Å²) in [5, 5.41) is 3.02. The summed E-state index contributed by atoms with van der Waals surface area (Å²) in [6, 6.07) is 27.2. The van der Waals surface area contributed by atoms with Crippen molar-refractivity contribution in [2.45, 2.75) is 31.6 Å². The molecule has 0 unspecified atom stereocenters. The zero-order valence-electron chi connectivity index (χ0n) is 19.8. The van der Waals surface area contributed by atoms with E-state index in [0.29, 0.717) is 39.1 Å². The predicted molar refractivity (Wildman–Crippen MR) is 137 cm³/mol. The smallest absolute Gasteiger partial charge is 0.223 e. The molecule has 3 aromatic carbocycles. The topological polar surface area (TPSA) is 75.7 Å². The van der Waals surface area contributed by atoms with Crippen molar-refractivity contribution in [1.29, 1.82) is 0 Å². The molecule has 0 spiro atoms. The maximum atomic E-state index is 12.7. The van der Waals surface area contributed by atoms with Crippen molar-refractivity contribution < 1.29 is 17.9 Å². The summed E-state index contributed by atoms with van der Waals surface area (Å²) < 4.78 is 32.8. The molecule has 1 heterocycles. The number of nitrogens with zero attached hydrogens (tertiary/aromatic N) is 1. The van der Waals surface area contributed by atoms with Crippen molar-refractivity contribution in [3.63, 3.8) is 0 Å². The molecule has 1 N–H and O–H groups in total. The number of nitrogens with one attached hydrogen (secondary N) is 1. The molecule has 0 aliphatic carbocycles. The van der Waals surface area contributed by atoms with Crippen LogP contribution in [-0.4, -0.2) is 38.3 Å². The quantitative estimate of drug-likeness (QED) is 0.461. The molecular formula is C28H32N2O4S. The lowest BCUT2D eigenvalue weighted by Crippen LogP contribution is -2.43. The Bertz CT molecular complexity index is 1170. The lowest BCUT2D eigenvalue weighted by molar-refractivity contribution is -0.126. The fourth-order valence-corrected chi connectivity index (χ4v) is 5.80. The fourth-order valence-electron chi connectivity index (χ4n) is 4.24. The van der Waals surface area contributed by atoms with E-state index in [1.807, 2.05) is 84.9 Å². The van der Waals surface area contributed by atoms with Gasteiger partial charge in [-0.2, -0.15) is 0 Å². The van der Waals surface area contributed by atoms with Crippen molar-refractivity contribution in [1.82, 2.24) is 9.62 Å². The van der Waals surface area contributed by atoms with Crippen molar-refractivity contribution >= 4 is 15.9 Å². The highest BCUT2D eigenvalue weighted by Crippen LogP contribution is 2.22. The average Bonchev–Trinajstić information content (AvgIpc) is 2.89. The highest BCUT2D eigenvalue weighted by Gasteiger charge is 2.31. The van der Waals surface area contributed by atoms with E-state index in [-0.39, 0.29) is 17.6 Å². The van der Waals surface area contributed by atoms with Gasteiger partial charge in [0, 0.05) is 25.6 Å². The number of rotatable bonds is 10. The summed E-state index contributed by atoms with van der Waals surface area (Å²) in [5.41, 5.74) is 3.03. The van der Waals surface area contributed by atoms with Crippen LogP contribution in [0.2, 0.25) is 0 Å². The molecule has 6 nitrogen and oxygen atoms in total. The Morgan fingerprint density at radius 2 is 1.43 bits per heavy atom. The third-order valence-electron chi connectivity index (χ3n) is 6.29. The van der Waals surface area contributed by atoms with Gasteiger partial charge in [-0.25, -0.2) is 12.7 Å². The third kappa shape index (κ3) is 7.41. The fraction of sp³-hybridized carbons (Fsp3) is 0.321. The van der Waals surface area contributed by atoms with Crippen LogP contribution in [0, 0.1) is 5.92 Å². The van der Waals surface area contributed by atoms with Crippen LogP contribution in [0.5, 0.6) is 5.75 Å². The number of hydrogen-bond acceptors (Lipinski definition) is 4. The van der Waals surface area contributed by atoms with E-state index in [1.54, 1.807) is 0 Å². The number of benzene rings is 3. The summed E-state index contributed by atoms with van der Waals surface area (Å²) >= 11 is 0. The van der Waals surface area contributed by atoms with Crippen LogP contribution in [0.3, 0.4) is 0 Å². The first-order chi connectivity index (χ1) is 17.0. The van der Waals surface area contributed by atoms with E-state index in [0.717, 1.165) is 28.9 Å². The Morgan fingerprint density at radius 3 is 2.06 bits per heavy atom. The number of amides is 1. The van der Waals surface area contributed by atoms with Crippen molar-refractivity contribution in [3.8, 4) is 5.75 Å². The van der Waals surface area contributed by atoms with Crippen LogP contribution in [0.4, 0.5) is 0 Å². The van der Waals surface area contributed by atoms with Gasteiger partial charge in [-0.05, 0) is 48.1 Å². The summed E-state index contributed by atoms with van der Waals surface area (Å²) in [7, 11) is -3.37. The van der Waals surface area contributed by atoms with Crippen LogP contribution >= 0.6 is 0 Å². The van der Waals surface area contributed by atoms with Crippen LogP contribution in [0.1, 0.15) is 29.5 Å². The van der Waals surface area contributed by atoms with Gasteiger partial charge in [0.1, 0.15) is 12.4 Å². The second kappa shape index (κ2) is 12.0. The van der Waals surface area contributed by atoms with E-state index >= 15 is 0 Å². The van der Waals surface area contributed by atoms with Gasteiger partial charge in [0.05, 0.1) is 5.75 Å². The summed E-state index contributed by atoms with van der Waals surface area (Å²) in [6.45, 7) is 1.85. The predicted octanol–water partition coefficient (Wildman–Crippen LogP) is 4.17. The van der Waals surface area contributed by atoms with Crippen LogP contribution < -0.4 is 10.1 Å². The molecule has 184 valence electrons. The maximum Gasteiger partial charge on any atom is 0.223 e. The van der Waals surface area contributed by atoms with Gasteiger partial charge in [-0.15, -0.1) is 0 Å². The molecule has 0 radical (unpaired) electrons. The van der Waals surface area contributed by atoms with Crippen LogP contribution in [-0.2, 0) is 33.6 Å². The van der Waals surface area contributed by atoms with Gasteiger partial charge in [-0.3, -0.25) is 4.79 Å². The van der Waals surface area contributed by atoms with E-state index in [1.165, 1.54) is 4.31 Å². The Balaban J connectivity index is 1.16. The molecule has 0 atom stereocenters. The first-order valence-electron chi connectivity index (χ1n) is 12.0. The van der Waals surface area contributed by atoms with Gasteiger partial charge in [0.2, 0.25) is 15.9 Å². The Morgan fingerprint density at radius 1 is 0.829 bits per heavy atom. The van der Waals surface area contributed by atoms with Gasteiger partial charge in [-0.1, -0.05) is 72.8 Å². The monoisotopic (exact) mass is 492 g/mol. The van der Waals surface area contributed by atoms with Gasteiger partial charge < -0.3 is 10.1 Å². The number of carbonyl (C=O) groups excluding carboxylic acids is 1. The molecule has 4 rings (SSSR count). The van der Waals surface area contributed by atoms with Gasteiger partial charge in [0.15, 0.2) is 0 Å². The standard InChI is InChI=1S/C28H32N2O4S/c31-28(26-16-19-30(20-17-26)35(32,33)22-25-9-5-2-6-10-25)29-18-15-23-11-13-27(14-12-23)34-21-24-7-3-1-4-8-24/h1-14,26H,15-22H2,(H,29,31). The van der Waals surface area contributed by atoms with Gasteiger partial charge >= 0.3 is 0 Å². The van der Waals surface area contributed by atoms with Crippen molar-refractivity contribution in [2.24, 2.45) is 5.92 Å². The van der Waals surface area contributed by atoms with Crippen molar-refractivity contribution in [3.05, 3.63) is 102 Å². The molecular weight excluding hydrogens is 460 g/mol. The molecule has 7 heteroatoms. The molecule has 1 fully saturated rings. The Hall–Kier alpha value is -3.16.